The van der Waals surface area contributed by atoms with Crippen molar-refractivity contribution in [3.63, 3.8) is 0 Å². The standard InChI is InChI=1S/C15H9ClF3N2/c16-12-3-1-2-11(7-12)15(18,19)9-21-14-5-4-10(8-20)6-13(14)17/h1-5,7,21H,9H2. The number of nitriles is 1. The summed E-state index contributed by atoms with van der Waals surface area (Å²) in [5.41, 5.74) is -0.407. The van der Waals surface area contributed by atoms with Crippen molar-refractivity contribution in [2.24, 2.45) is 0 Å². The Labute approximate surface area is 124 Å². The van der Waals surface area contributed by atoms with Gasteiger partial charge in [0.05, 0.1) is 23.9 Å². The first kappa shape index (κ1) is 15.2. The Morgan fingerprint density at radius 2 is 2.05 bits per heavy atom. The smallest absolute Gasteiger partial charge is 0.290 e. The number of anilines is 1. The maximum atomic E-state index is 14.0. The van der Waals surface area contributed by atoms with Gasteiger partial charge in [-0.15, -0.1) is 0 Å². The van der Waals surface area contributed by atoms with Gasteiger partial charge in [-0.3, -0.25) is 0 Å². The van der Waals surface area contributed by atoms with E-state index < -0.39 is 18.3 Å². The van der Waals surface area contributed by atoms with E-state index in [2.05, 4.69) is 11.4 Å². The third-order valence-electron chi connectivity index (χ3n) is 2.77. The van der Waals surface area contributed by atoms with Crippen molar-refractivity contribution in [3.8, 4) is 6.07 Å². The Bertz CT molecular complexity index is 696. The molecule has 0 aliphatic carbocycles. The molecule has 0 saturated heterocycles. The Kier molecular flexibility index (Phi) is 4.39. The van der Waals surface area contributed by atoms with E-state index in [9.17, 15) is 13.2 Å². The van der Waals surface area contributed by atoms with Crippen LogP contribution in [0.2, 0.25) is 5.02 Å². The van der Waals surface area contributed by atoms with Crippen molar-refractivity contribution in [2.45, 2.75) is 5.92 Å². The maximum absolute atomic E-state index is 14.0. The molecule has 21 heavy (non-hydrogen) atoms. The zero-order valence-electron chi connectivity index (χ0n) is 10.6. The van der Waals surface area contributed by atoms with E-state index >= 15 is 0 Å². The molecule has 6 heteroatoms. The molecule has 0 fully saturated rings. The van der Waals surface area contributed by atoms with E-state index in [0.29, 0.717) is 0 Å². The number of halogens is 4. The molecule has 0 aromatic heterocycles. The Hall–Kier alpha value is -2.19. The zero-order valence-corrected chi connectivity index (χ0v) is 11.4. The van der Waals surface area contributed by atoms with Crippen molar-refractivity contribution >= 4 is 17.3 Å². The van der Waals surface area contributed by atoms with E-state index in [1.807, 2.05) is 0 Å². The first-order chi connectivity index (χ1) is 9.92. The fraction of sp³-hybridized carbons (Fsp3) is 0.133. The highest BCUT2D eigenvalue weighted by Crippen LogP contribution is 2.30. The van der Waals surface area contributed by atoms with Crippen LogP contribution in [-0.4, -0.2) is 6.54 Å². The summed E-state index contributed by atoms with van der Waals surface area (Å²) in [6.45, 7) is -0.802. The van der Waals surface area contributed by atoms with E-state index in [1.54, 1.807) is 6.07 Å². The van der Waals surface area contributed by atoms with E-state index in [1.165, 1.54) is 30.3 Å². The van der Waals surface area contributed by atoms with Gasteiger partial charge >= 0.3 is 0 Å². The first-order valence-electron chi connectivity index (χ1n) is 5.92. The molecule has 0 heterocycles. The molecule has 0 aliphatic rings. The Morgan fingerprint density at radius 3 is 2.67 bits per heavy atom. The lowest BCUT2D eigenvalue weighted by Gasteiger charge is -2.18. The van der Waals surface area contributed by atoms with Crippen LogP contribution >= 0.6 is 11.6 Å². The molecule has 0 saturated carbocycles. The fourth-order valence-corrected chi connectivity index (χ4v) is 1.88. The van der Waals surface area contributed by atoms with Crippen molar-refractivity contribution in [1.29, 1.82) is 5.26 Å². The summed E-state index contributed by atoms with van der Waals surface area (Å²) in [6, 6.07) is 11.7. The SMILES string of the molecule is N#Cc1[c]c(F)c(NCC(F)(F)c2cccc(Cl)c2)cc1. The third kappa shape index (κ3) is 3.67. The highest BCUT2D eigenvalue weighted by Gasteiger charge is 2.31. The third-order valence-corrected chi connectivity index (χ3v) is 3.00. The summed E-state index contributed by atoms with van der Waals surface area (Å²) in [4.78, 5) is 0. The van der Waals surface area contributed by atoms with Gasteiger partial charge in [-0.1, -0.05) is 23.7 Å². The van der Waals surface area contributed by atoms with Crippen LogP contribution in [-0.2, 0) is 5.92 Å². The minimum absolute atomic E-state index is 0.000323. The van der Waals surface area contributed by atoms with Gasteiger partial charge in [0.2, 0.25) is 0 Å². The van der Waals surface area contributed by atoms with Gasteiger partial charge in [0.25, 0.3) is 5.92 Å². The van der Waals surface area contributed by atoms with E-state index in [-0.39, 0.29) is 21.8 Å². The lowest BCUT2D eigenvalue weighted by molar-refractivity contribution is 0.0106. The number of rotatable bonds is 4. The number of hydrogen-bond donors (Lipinski definition) is 1. The van der Waals surface area contributed by atoms with Crippen LogP contribution in [0, 0.1) is 23.2 Å². The molecule has 0 amide bonds. The average Bonchev–Trinajstić information content (AvgIpc) is 2.46. The molecular formula is C15H9ClF3N2. The van der Waals surface area contributed by atoms with Crippen LogP contribution in [0.15, 0.2) is 36.4 Å². The maximum Gasteiger partial charge on any atom is 0.290 e. The minimum Gasteiger partial charge on any atom is -0.376 e. The first-order valence-corrected chi connectivity index (χ1v) is 6.30. The number of hydrogen-bond acceptors (Lipinski definition) is 2. The molecule has 1 radical (unpaired) electrons. The molecule has 0 spiro atoms. The monoisotopic (exact) mass is 309 g/mol. The molecule has 1 N–H and O–H groups in total. The Balaban J connectivity index is 2.13. The highest BCUT2D eigenvalue weighted by atomic mass is 35.5. The molecule has 0 bridgehead atoms. The van der Waals surface area contributed by atoms with Crippen LogP contribution in [0.5, 0.6) is 0 Å². The van der Waals surface area contributed by atoms with Gasteiger partial charge in [0.15, 0.2) is 5.82 Å². The average molecular weight is 310 g/mol. The van der Waals surface area contributed by atoms with Crippen LogP contribution < -0.4 is 5.32 Å². The summed E-state index contributed by atoms with van der Waals surface area (Å²) < 4.78 is 41.5. The normalized spacial score (nSPS) is 11.0. The van der Waals surface area contributed by atoms with E-state index in [0.717, 1.165) is 6.07 Å². The largest absolute Gasteiger partial charge is 0.376 e. The second-order valence-corrected chi connectivity index (χ2v) is 4.72. The second kappa shape index (κ2) is 6.06. The fourth-order valence-electron chi connectivity index (χ4n) is 1.69. The lowest BCUT2D eigenvalue weighted by atomic mass is 10.1. The van der Waals surface area contributed by atoms with Crippen LogP contribution in [0.1, 0.15) is 11.1 Å². The van der Waals surface area contributed by atoms with Gasteiger partial charge < -0.3 is 5.32 Å². The van der Waals surface area contributed by atoms with Crippen molar-refractivity contribution in [2.75, 3.05) is 11.9 Å². The van der Waals surface area contributed by atoms with Crippen molar-refractivity contribution in [1.82, 2.24) is 0 Å². The minimum atomic E-state index is -3.22. The second-order valence-electron chi connectivity index (χ2n) is 4.28. The van der Waals surface area contributed by atoms with Gasteiger partial charge in [-0.2, -0.15) is 14.0 Å². The number of nitrogens with one attached hydrogen (secondary N) is 1. The lowest BCUT2D eigenvalue weighted by Crippen LogP contribution is -2.25. The molecule has 107 valence electrons. The van der Waals surface area contributed by atoms with Crippen molar-refractivity contribution in [3.05, 3.63) is 64.4 Å². The van der Waals surface area contributed by atoms with Crippen LogP contribution in [0.25, 0.3) is 0 Å². The molecule has 2 rings (SSSR count). The summed E-state index contributed by atoms with van der Waals surface area (Å²) >= 11 is 5.68. The summed E-state index contributed by atoms with van der Waals surface area (Å²) in [7, 11) is 0. The quantitative estimate of drug-likeness (QED) is 0.911. The zero-order chi connectivity index (χ0) is 15.5. The van der Waals surface area contributed by atoms with Gasteiger partial charge in [0.1, 0.15) is 0 Å². The predicted octanol–water partition coefficient (Wildman–Crippen LogP) is 4.35. The predicted molar refractivity (Wildman–Crippen MR) is 73.8 cm³/mol. The molecule has 0 aliphatic heterocycles. The number of alkyl halides is 2. The molecule has 0 atom stereocenters. The summed E-state index contributed by atoms with van der Waals surface area (Å²) in [6.07, 6.45) is 0. The molecule has 2 aromatic rings. The molecule has 2 nitrogen and oxygen atoms in total. The molecule has 2 aromatic carbocycles. The van der Waals surface area contributed by atoms with Gasteiger partial charge in [-0.25, -0.2) is 4.39 Å². The number of benzene rings is 2. The van der Waals surface area contributed by atoms with Gasteiger partial charge in [0, 0.05) is 16.7 Å². The molecule has 0 unspecified atom stereocenters. The molecular weight excluding hydrogens is 301 g/mol. The van der Waals surface area contributed by atoms with Crippen LogP contribution in [0.3, 0.4) is 0 Å². The van der Waals surface area contributed by atoms with Gasteiger partial charge in [-0.05, 0) is 24.3 Å². The highest BCUT2D eigenvalue weighted by molar-refractivity contribution is 6.30. The van der Waals surface area contributed by atoms with E-state index in [4.69, 9.17) is 16.9 Å². The van der Waals surface area contributed by atoms with Crippen LogP contribution in [0.4, 0.5) is 18.9 Å². The van der Waals surface area contributed by atoms with Crippen molar-refractivity contribution < 1.29 is 13.2 Å². The summed E-state index contributed by atoms with van der Waals surface area (Å²) in [5.74, 6) is -4.10. The number of nitrogens with zero attached hydrogens (tertiary/aromatic N) is 1. The summed E-state index contributed by atoms with van der Waals surface area (Å²) in [5, 5.41) is 11.1. The topological polar surface area (TPSA) is 35.8 Å². The Morgan fingerprint density at radius 1 is 1.29 bits per heavy atom.